The van der Waals surface area contributed by atoms with Crippen molar-refractivity contribution in [2.24, 2.45) is 5.92 Å². The second-order valence-corrected chi connectivity index (χ2v) is 6.07. The zero-order valence-corrected chi connectivity index (χ0v) is 13.3. The van der Waals surface area contributed by atoms with Crippen LogP contribution in [0, 0.1) is 5.92 Å². The molecule has 1 aliphatic heterocycles. The van der Waals surface area contributed by atoms with Gasteiger partial charge in [0, 0.05) is 25.0 Å². The van der Waals surface area contributed by atoms with E-state index in [4.69, 9.17) is 0 Å². The highest BCUT2D eigenvalue weighted by atomic mass is 16.1. The van der Waals surface area contributed by atoms with Crippen LogP contribution in [0.3, 0.4) is 0 Å². The first-order chi connectivity index (χ1) is 11.8. The molecule has 1 amide bonds. The molecular weight excluding hydrogens is 302 g/mol. The Morgan fingerprint density at radius 1 is 1.08 bits per heavy atom. The van der Waals surface area contributed by atoms with Gasteiger partial charge in [0.25, 0.3) is 0 Å². The molecule has 3 aromatic rings. The number of carbonyl (C=O) groups is 1. The van der Waals surface area contributed by atoms with Crippen LogP contribution < -0.4 is 10.2 Å². The lowest BCUT2D eigenvalue weighted by molar-refractivity contribution is -0.120. The molecule has 24 heavy (non-hydrogen) atoms. The third-order valence-corrected chi connectivity index (χ3v) is 4.41. The van der Waals surface area contributed by atoms with Crippen LogP contribution in [0.4, 0.5) is 11.6 Å². The number of hydrogen-bond acceptors (Lipinski definition) is 4. The number of hydrogen-bond donors (Lipinski definition) is 1. The van der Waals surface area contributed by atoms with E-state index in [0.29, 0.717) is 6.54 Å². The Morgan fingerprint density at radius 2 is 1.92 bits per heavy atom. The molecule has 2 aromatic heterocycles. The van der Waals surface area contributed by atoms with E-state index < -0.39 is 0 Å². The molecule has 1 aromatic carbocycles. The maximum absolute atomic E-state index is 12.6. The van der Waals surface area contributed by atoms with Crippen LogP contribution >= 0.6 is 0 Å². The fraction of sp³-hybridized carbons (Fsp3) is 0.278. The van der Waals surface area contributed by atoms with Crippen molar-refractivity contribution in [3.8, 4) is 0 Å². The summed E-state index contributed by atoms with van der Waals surface area (Å²) in [7, 11) is 0. The van der Waals surface area contributed by atoms with Crippen LogP contribution in [-0.2, 0) is 4.79 Å². The second kappa shape index (κ2) is 6.31. The van der Waals surface area contributed by atoms with Gasteiger partial charge in [0.1, 0.15) is 0 Å². The molecule has 1 N–H and O–H groups in total. The average Bonchev–Trinajstić information content (AvgIpc) is 3.07. The second-order valence-electron chi connectivity index (χ2n) is 6.07. The molecule has 1 atom stereocenters. The Bertz CT molecular complexity index is 845. The van der Waals surface area contributed by atoms with Crippen LogP contribution in [0.2, 0.25) is 0 Å². The third-order valence-electron chi connectivity index (χ3n) is 4.41. The van der Waals surface area contributed by atoms with Gasteiger partial charge in [-0.1, -0.05) is 24.3 Å². The number of carbonyl (C=O) groups excluding carboxylic acids is 1. The van der Waals surface area contributed by atoms with Gasteiger partial charge < -0.3 is 10.2 Å². The lowest BCUT2D eigenvalue weighted by atomic mass is 9.97. The van der Waals surface area contributed by atoms with E-state index in [2.05, 4.69) is 20.4 Å². The van der Waals surface area contributed by atoms with E-state index in [1.54, 1.807) is 0 Å². The third kappa shape index (κ3) is 2.82. The predicted octanol–water partition coefficient (Wildman–Crippen LogP) is 2.58. The van der Waals surface area contributed by atoms with Crippen molar-refractivity contribution >= 4 is 23.2 Å². The van der Waals surface area contributed by atoms with Crippen molar-refractivity contribution in [1.29, 1.82) is 0 Å². The Labute approximate surface area is 140 Å². The number of para-hydroxylation sites is 1. The number of aromatic nitrogens is 3. The Hall–Kier alpha value is -2.89. The molecule has 0 spiro atoms. The van der Waals surface area contributed by atoms with E-state index in [1.807, 2.05) is 59.1 Å². The highest BCUT2D eigenvalue weighted by Gasteiger charge is 2.28. The number of amides is 1. The van der Waals surface area contributed by atoms with Crippen molar-refractivity contribution in [3.63, 3.8) is 0 Å². The first-order valence-corrected chi connectivity index (χ1v) is 8.22. The van der Waals surface area contributed by atoms with Crippen molar-refractivity contribution in [1.82, 2.24) is 14.6 Å². The van der Waals surface area contributed by atoms with E-state index in [1.165, 1.54) is 0 Å². The summed E-state index contributed by atoms with van der Waals surface area (Å²) in [4.78, 5) is 14.7. The minimum atomic E-state index is -0.0463. The van der Waals surface area contributed by atoms with Gasteiger partial charge in [0.15, 0.2) is 5.65 Å². The molecule has 0 saturated carbocycles. The number of nitrogens with zero attached hydrogens (tertiary/aromatic N) is 4. The fourth-order valence-electron chi connectivity index (χ4n) is 3.18. The maximum atomic E-state index is 12.6. The minimum Gasteiger partial charge on any atom is -0.340 e. The largest absolute Gasteiger partial charge is 0.340 e. The normalized spacial score (nSPS) is 17.8. The number of fused-ring (bicyclic) bond motifs is 1. The smallest absolute Gasteiger partial charge is 0.231 e. The predicted molar refractivity (Wildman–Crippen MR) is 93.0 cm³/mol. The lowest BCUT2D eigenvalue weighted by Gasteiger charge is -2.31. The molecule has 6 heteroatoms. The molecule has 0 unspecified atom stereocenters. The Kier molecular flexibility index (Phi) is 3.86. The van der Waals surface area contributed by atoms with Crippen LogP contribution in [0.5, 0.6) is 0 Å². The fourth-order valence-corrected chi connectivity index (χ4v) is 3.18. The highest BCUT2D eigenvalue weighted by molar-refractivity contribution is 5.93. The summed E-state index contributed by atoms with van der Waals surface area (Å²) < 4.78 is 1.97. The number of rotatable bonds is 3. The monoisotopic (exact) mass is 321 g/mol. The Morgan fingerprint density at radius 3 is 2.79 bits per heavy atom. The zero-order chi connectivity index (χ0) is 16.4. The van der Waals surface area contributed by atoms with E-state index >= 15 is 0 Å². The van der Waals surface area contributed by atoms with E-state index in [0.717, 1.165) is 36.7 Å². The SMILES string of the molecule is O=C(Nc1ccccc1)[C@H]1CCCN(c2nnc3ccccn23)C1. The van der Waals surface area contributed by atoms with Crippen LogP contribution in [0.15, 0.2) is 54.7 Å². The molecule has 0 bridgehead atoms. The molecule has 3 heterocycles. The van der Waals surface area contributed by atoms with E-state index in [-0.39, 0.29) is 11.8 Å². The Balaban J connectivity index is 1.50. The molecule has 0 radical (unpaired) electrons. The van der Waals surface area contributed by atoms with Gasteiger partial charge in [-0.2, -0.15) is 0 Å². The molecule has 1 aliphatic rings. The van der Waals surface area contributed by atoms with Gasteiger partial charge in [-0.25, -0.2) is 0 Å². The summed E-state index contributed by atoms with van der Waals surface area (Å²) in [6, 6.07) is 15.4. The summed E-state index contributed by atoms with van der Waals surface area (Å²) in [5.74, 6) is 0.831. The van der Waals surface area contributed by atoms with Gasteiger partial charge in [-0.15, -0.1) is 10.2 Å². The summed E-state index contributed by atoms with van der Waals surface area (Å²) in [5.41, 5.74) is 1.66. The standard InChI is InChI=1S/C18H19N5O/c24-17(19-15-8-2-1-3-9-15)14-7-6-11-22(13-14)18-21-20-16-10-4-5-12-23(16)18/h1-5,8-10,12,14H,6-7,11,13H2,(H,19,24)/t14-/m0/s1. The van der Waals surface area contributed by atoms with Crippen LogP contribution in [0.1, 0.15) is 12.8 Å². The molecule has 6 nitrogen and oxygen atoms in total. The number of anilines is 2. The van der Waals surface area contributed by atoms with Gasteiger partial charge in [-0.3, -0.25) is 9.20 Å². The molecule has 4 rings (SSSR count). The molecule has 1 saturated heterocycles. The van der Waals surface area contributed by atoms with Crippen molar-refractivity contribution in [2.45, 2.75) is 12.8 Å². The van der Waals surface area contributed by atoms with E-state index in [9.17, 15) is 4.79 Å². The summed E-state index contributed by atoms with van der Waals surface area (Å²) in [6.45, 7) is 1.55. The number of nitrogens with one attached hydrogen (secondary N) is 1. The first-order valence-electron chi connectivity index (χ1n) is 8.22. The van der Waals surface area contributed by atoms with Crippen LogP contribution in [-0.4, -0.2) is 33.6 Å². The molecular formula is C18H19N5O. The average molecular weight is 321 g/mol. The summed E-state index contributed by atoms with van der Waals surface area (Å²) >= 11 is 0. The topological polar surface area (TPSA) is 62.5 Å². The highest BCUT2D eigenvalue weighted by Crippen LogP contribution is 2.23. The maximum Gasteiger partial charge on any atom is 0.231 e. The van der Waals surface area contributed by atoms with Gasteiger partial charge in [0.2, 0.25) is 11.9 Å². The lowest BCUT2D eigenvalue weighted by Crippen LogP contribution is -2.41. The quantitative estimate of drug-likeness (QED) is 0.805. The first kappa shape index (κ1) is 14.7. The minimum absolute atomic E-state index is 0.0463. The molecule has 1 fully saturated rings. The van der Waals surface area contributed by atoms with Gasteiger partial charge in [-0.05, 0) is 37.1 Å². The van der Waals surface area contributed by atoms with Gasteiger partial charge >= 0.3 is 0 Å². The summed E-state index contributed by atoms with van der Waals surface area (Å²) in [6.07, 6.45) is 3.82. The number of benzene rings is 1. The molecule has 0 aliphatic carbocycles. The zero-order valence-electron chi connectivity index (χ0n) is 13.3. The van der Waals surface area contributed by atoms with Crippen molar-refractivity contribution in [2.75, 3.05) is 23.3 Å². The molecule has 122 valence electrons. The van der Waals surface area contributed by atoms with Crippen molar-refractivity contribution in [3.05, 3.63) is 54.7 Å². The number of piperidine rings is 1. The summed E-state index contributed by atoms with van der Waals surface area (Å²) in [5, 5.41) is 11.5. The number of pyridine rings is 1. The van der Waals surface area contributed by atoms with Crippen molar-refractivity contribution < 1.29 is 4.79 Å². The van der Waals surface area contributed by atoms with Gasteiger partial charge in [0.05, 0.1) is 5.92 Å². The van der Waals surface area contributed by atoms with Crippen LogP contribution in [0.25, 0.3) is 5.65 Å².